The zero-order chi connectivity index (χ0) is 15.7. The normalized spacial score (nSPS) is 13.8. The van der Waals surface area contributed by atoms with E-state index >= 15 is 0 Å². The van der Waals surface area contributed by atoms with Crippen LogP contribution in [-0.2, 0) is 17.9 Å². The zero-order valence-corrected chi connectivity index (χ0v) is 12.9. The number of carbonyl (C=O) groups excluding carboxylic acids is 2. The summed E-state index contributed by atoms with van der Waals surface area (Å²) < 4.78 is 6.81. The van der Waals surface area contributed by atoms with Crippen molar-refractivity contribution < 1.29 is 14.3 Å². The summed E-state index contributed by atoms with van der Waals surface area (Å²) >= 11 is 6.10. The Hall–Kier alpha value is -2.14. The van der Waals surface area contributed by atoms with E-state index in [2.05, 4.69) is 5.10 Å². The number of ketones is 1. The Morgan fingerprint density at radius 2 is 2.23 bits per heavy atom. The Bertz CT molecular complexity index is 752. The van der Waals surface area contributed by atoms with E-state index in [1.165, 1.54) is 6.07 Å². The van der Waals surface area contributed by atoms with Crippen molar-refractivity contribution in [3.8, 4) is 0 Å². The van der Waals surface area contributed by atoms with Gasteiger partial charge >= 0.3 is 5.97 Å². The third kappa shape index (κ3) is 2.90. The largest absolute Gasteiger partial charge is 0.456 e. The highest BCUT2D eigenvalue weighted by Crippen LogP contribution is 2.20. The number of benzene rings is 1. The summed E-state index contributed by atoms with van der Waals surface area (Å²) in [6, 6.07) is 7.05. The van der Waals surface area contributed by atoms with Gasteiger partial charge in [0.05, 0.1) is 0 Å². The number of halogens is 1. The number of hydrogen-bond donors (Lipinski definition) is 0. The number of Topliss-reactive ketones (excluding diaryl/α,β-unsaturated/α-hetero) is 1. The molecule has 1 aromatic carbocycles. The minimum atomic E-state index is -0.550. The fourth-order valence-electron chi connectivity index (χ4n) is 2.42. The molecule has 2 aromatic rings. The van der Waals surface area contributed by atoms with Crippen LogP contribution >= 0.6 is 11.6 Å². The van der Waals surface area contributed by atoms with Crippen molar-refractivity contribution in [3.63, 3.8) is 0 Å². The average Bonchev–Trinajstić information content (AvgIpc) is 2.92. The lowest BCUT2D eigenvalue weighted by Gasteiger charge is -2.10. The Kier molecular flexibility index (Phi) is 3.98. The lowest BCUT2D eigenvalue weighted by Crippen LogP contribution is -2.17. The van der Waals surface area contributed by atoms with E-state index < -0.39 is 5.97 Å². The molecule has 0 saturated heterocycles. The van der Waals surface area contributed by atoms with Gasteiger partial charge in [-0.05, 0) is 25.0 Å². The van der Waals surface area contributed by atoms with Crippen molar-refractivity contribution in [2.45, 2.75) is 32.9 Å². The molecule has 2 heterocycles. The fraction of sp³-hybridized carbons (Fsp3) is 0.312. The predicted octanol–water partition coefficient (Wildman–Crippen LogP) is 3.18. The quantitative estimate of drug-likeness (QED) is 0.815. The second-order valence-corrected chi connectivity index (χ2v) is 5.74. The number of ether oxygens (including phenoxy) is 1. The molecule has 0 radical (unpaired) electrons. The van der Waals surface area contributed by atoms with Gasteiger partial charge in [-0.25, -0.2) is 4.79 Å². The molecule has 0 atom stereocenters. The summed E-state index contributed by atoms with van der Waals surface area (Å²) in [5.41, 5.74) is 2.42. The second-order valence-electron chi connectivity index (χ2n) is 5.34. The van der Waals surface area contributed by atoms with Gasteiger partial charge in [0, 0.05) is 29.6 Å². The van der Waals surface area contributed by atoms with Gasteiger partial charge in [-0.2, -0.15) is 5.10 Å². The Morgan fingerprint density at radius 3 is 2.95 bits per heavy atom. The van der Waals surface area contributed by atoms with Crippen molar-refractivity contribution >= 4 is 23.4 Å². The summed E-state index contributed by atoms with van der Waals surface area (Å²) in [5.74, 6) is -0.536. The standard InChI is InChI=1S/C16H15ClN2O3/c1-10-4-5-11(12(17)7-10)9-22-16(21)13-8-14-15(20)3-2-6-19(14)18-13/h4-5,7-8H,2-3,6,9H2,1H3. The number of fused-ring (bicyclic) bond motifs is 1. The van der Waals surface area contributed by atoms with Crippen LogP contribution in [0.3, 0.4) is 0 Å². The molecule has 114 valence electrons. The topological polar surface area (TPSA) is 61.2 Å². The zero-order valence-electron chi connectivity index (χ0n) is 12.1. The summed E-state index contributed by atoms with van der Waals surface area (Å²) in [5, 5.41) is 4.70. The molecule has 0 saturated carbocycles. The summed E-state index contributed by atoms with van der Waals surface area (Å²) in [4.78, 5) is 23.8. The molecule has 0 aliphatic carbocycles. The van der Waals surface area contributed by atoms with Crippen LogP contribution in [-0.4, -0.2) is 21.5 Å². The molecule has 5 nitrogen and oxygen atoms in total. The van der Waals surface area contributed by atoms with Crippen LogP contribution < -0.4 is 0 Å². The molecule has 0 amide bonds. The molecule has 1 aliphatic rings. The molecule has 22 heavy (non-hydrogen) atoms. The average molecular weight is 319 g/mol. The summed E-state index contributed by atoms with van der Waals surface area (Å²) in [6.45, 7) is 2.67. The van der Waals surface area contributed by atoms with Crippen LogP contribution in [0.15, 0.2) is 24.3 Å². The van der Waals surface area contributed by atoms with Crippen molar-refractivity contribution in [1.29, 1.82) is 0 Å². The predicted molar refractivity (Wildman–Crippen MR) is 81.1 cm³/mol. The van der Waals surface area contributed by atoms with E-state index in [1.54, 1.807) is 4.68 Å². The number of esters is 1. The molecule has 6 heteroatoms. The van der Waals surface area contributed by atoms with E-state index in [9.17, 15) is 9.59 Å². The highest BCUT2D eigenvalue weighted by Gasteiger charge is 2.23. The highest BCUT2D eigenvalue weighted by molar-refractivity contribution is 6.31. The van der Waals surface area contributed by atoms with Crippen LogP contribution in [0.2, 0.25) is 5.02 Å². The van der Waals surface area contributed by atoms with E-state index in [0.29, 0.717) is 23.7 Å². The van der Waals surface area contributed by atoms with Crippen molar-refractivity contribution in [1.82, 2.24) is 9.78 Å². The summed E-state index contributed by atoms with van der Waals surface area (Å²) in [6.07, 6.45) is 1.25. The molecule has 3 rings (SSSR count). The molecular formula is C16H15ClN2O3. The van der Waals surface area contributed by atoms with Crippen LogP contribution in [0.4, 0.5) is 0 Å². The van der Waals surface area contributed by atoms with Crippen LogP contribution in [0, 0.1) is 6.92 Å². The molecule has 0 unspecified atom stereocenters. The fourth-order valence-corrected chi connectivity index (χ4v) is 2.71. The molecule has 0 bridgehead atoms. The Balaban J connectivity index is 1.71. The first-order valence-corrected chi connectivity index (χ1v) is 7.45. The van der Waals surface area contributed by atoms with Gasteiger partial charge in [-0.3, -0.25) is 9.48 Å². The maximum atomic E-state index is 12.1. The van der Waals surface area contributed by atoms with Gasteiger partial charge in [-0.1, -0.05) is 23.7 Å². The van der Waals surface area contributed by atoms with Gasteiger partial charge < -0.3 is 4.74 Å². The smallest absolute Gasteiger partial charge is 0.359 e. The number of hydrogen-bond acceptors (Lipinski definition) is 4. The Morgan fingerprint density at radius 1 is 1.41 bits per heavy atom. The maximum Gasteiger partial charge on any atom is 0.359 e. The molecule has 0 N–H and O–H groups in total. The van der Waals surface area contributed by atoms with Crippen molar-refractivity contribution in [3.05, 3.63) is 51.8 Å². The highest BCUT2D eigenvalue weighted by atomic mass is 35.5. The van der Waals surface area contributed by atoms with Gasteiger partial charge in [0.1, 0.15) is 12.3 Å². The van der Waals surface area contributed by atoms with Gasteiger partial charge in [-0.15, -0.1) is 0 Å². The maximum absolute atomic E-state index is 12.1. The lowest BCUT2D eigenvalue weighted by atomic mass is 10.1. The number of aryl methyl sites for hydroxylation is 2. The number of aromatic nitrogens is 2. The number of nitrogens with zero attached hydrogens (tertiary/aromatic N) is 2. The van der Waals surface area contributed by atoms with E-state index in [1.807, 2.05) is 25.1 Å². The first-order chi connectivity index (χ1) is 10.5. The number of rotatable bonds is 3. The van der Waals surface area contributed by atoms with E-state index in [-0.39, 0.29) is 18.1 Å². The first-order valence-electron chi connectivity index (χ1n) is 7.08. The minimum Gasteiger partial charge on any atom is -0.456 e. The number of carbonyl (C=O) groups is 2. The molecule has 0 spiro atoms. The lowest BCUT2D eigenvalue weighted by molar-refractivity contribution is 0.0464. The second kappa shape index (κ2) is 5.93. The Labute approximate surface area is 132 Å². The van der Waals surface area contributed by atoms with Gasteiger partial charge in [0.2, 0.25) is 0 Å². The molecule has 1 aliphatic heterocycles. The van der Waals surface area contributed by atoms with Crippen molar-refractivity contribution in [2.24, 2.45) is 0 Å². The van der Waals surface area contributed by atoms with Crippen molar-refractivity contribution in [2.75, 3.05) is 0 Å². The van der Waals surface area contributed by atoms with Gasteiger partial charge in [0.25, 0.3) is 0 Å². The first kappa shape index (κ1) is 14.8. The summed E-state index contributed by atoms with van der Waals surface area (Å²) in [7, 11) is 0. The molecule has 1 aromatic heterocycles. The van der Waals surface area contributed by atoms with Gasteiger partial charge in [0.15, 0.2) is 11.5 Å². The molecular weight excluding hydrogens is 304 g/mol. The van der Waals surface area contributed by atoms with E-state index in [0.717, 1.165) is 17.5 Å². The van der Waals surface area contributed by atoms with Crippen LogP contribution in [0.25, 0.3) is 0 Å². The van der Waals surface area contributed by atoms with Crippen LogP contribution in [0.5, 0.6) is 0 Å². The van der Waals surface area contributed by atoms with E-state index in [4.69, 9.17) is 16.3 Å². The third-order valence-electron chi connectivity index (χ3n) is 3.62. The monoisotopic (exact) mass is 318 g/mol. The van der Waals surface area contributed by atoms with Crippen LogP contribution in [0.1, 0.15) is 44.9 Å². The minimum absolute atomic E-state index is 0.0133. The SMILES string of the molecule is Cc1ccc(COC(=O)c2cc3n(n2)CCCC3=O)c(Cl)c1. The third-order valence-corrected chi connectivity index (χ3v) is 3.97. The molecule has 0 fully saturated rings.